The lowest BCUT2D eigenvalue weighted by Crippen LogP contribution is -2.23. The third-order valence-corrected chi connectivity index (χ3v) is 7.54. The number of aromatic nitrogens is 5. The van der Waals surface area contributed by atoms with E-state index in [1.165, 1.54) is 15.9 Å². The Kier molecular flexibility index (Phi) is 7.37. The first-order valence-electron chi connectivity index (χ1n) is 12.8. The van der Waals surface area contributed by atoms with Crippen molar-refractivity contribution in [2.45, 2.75) is 6.92 Å². The lowest BCUT2D eigenvalue weighted by Gasteiger charge is -2.05. The quantitative estimate of drug-likeness (QED) is 0.226. The molecule has 3 aromatic heterocycles. The summed E-state index contributed by atoms with van der Waals surface area (Å²) in [6.07, 6.45) is 7.40. The molecule has 0 aliphatic carbocycles. The van der Waals surface area contributed by atoms with Gasteiger partial charge in [-0.1, -0.05) is 59.3 Å². The van der Waals surface area contributed by atoms with Crippen molar-refractivity contribution >= 4 is 46.1 Å². The van der Waals surface area contributed by atoms with Crippen molar-refractivity contribution in [3.63, 3.8) is 0 Å². The average Bonchev–Trinajstić information content (AvgIpc) is 3.68. The SMILES string of the molecule is CCOc1ccc(/C=C/c2nc3s/c(=C\c4cn(-c5ccccc5)nc4-c4ccc(OC)c(Cl)c4)c(=O)n3n2)cc1. The van der Waals surface area contributed by atoms with Crippen LogP contribution in [0.5, 0.6) is 11.5 Å². The number of halogens is 1. The van der Waals surface area contributed by atoms with Crippen LogP contribution in [0.25, 0.3) is 40.1 Å². The van der Waals surface area contributed by atoms with Gasteiger partial charge in [0.2, 0.25) is 4.96 Å². The number of rotatable bonds is 8. The van der Waals surface area contributed by atoms with Crippen LogP contribution in [-0.4, -0.2) is 38.1 Å². The third kappa shape index (κ3) is 5.50. The van der Waals surface area contributed by atoms with Gasteiger partial charge in [0.25, 0.3) is 5.56 Å². The van der Waals surface area contributed by atoms with Gasteiger partial charge in [-0.25, -0.2) is 4.68 Å². The van der Waals surface area contributed by atoms with E-state index in [-0.39, 0.29) is 5.56 Å². The Hall–Kier alpha value is -4.73. The molecule has 0 saturated carbocycles. The molecule has 0 spiro atoms. The second-order valence-corrected chi connectivity index (χ2v) is 10.4. The van der Waals surface area contributed by atoms with Gasteiger partial charge in [-0.15, -0.1) is 5.10 Å². The summed E-state index contributed by atoms with van der Waals surface area (Å²) < 4.78 is 14.4. The highest BCUT2D eigenvalue weighted by Crippen LogP contribution is 2.32. The molecule has 6 aromatic rings. The van der Waals surface area contributed by atoms with E-state index in [2.05, 4.69) is 10.1 Å². The Bertz CT molecular complexity index is 1980. The zero-order valence-electron chi connectivity index (χ0n) is 22.2. The number of methoxy groups -OCH3 is 1. The maximum Gasteiger partial charge on any atom is 0.291 e. The van der Waals surface area contributed by atoms with Crippen LogP contribution in [0.1, 0.15) is 23.9 Å². The summed E-state index contributed by atoms with van der Waals surface area (Å²) >= 11 is 7.70. The van der Waals surface area contributed by atoms with Crippen LogP contribution in [0.3, 0.4) is 0 Å². The second kappa shape index (κ2) is 11.4. The zero-order valence-corrected chi connectivity index (χ0v) is 23.8. The summed E-state index contributed by atoms with van der Waals surface area (Å²) in [5.74, 6) is 1.85. The number of hydrogen-bond acceptors (Lipinski definition) is 7. The molecule has 41 heavy (non-hydrogen) atoms. The van der Waals surface area contributed by atoms with Gasteiger partial charge in [0, 0.05) is 17.3 Å². The topological polar surface area (TPSA) is 83.5 Å². The van der Waals surface area contributed by atoms with Crippen LogP contribution in [0.2, 0.25) is 5.02 Å². The van der Waals surface area contributed by atoms with E-state index in [0.717, 1.165) is 28.1 Å². The first-order valence-corrected chi connectivity index (χ1v) is 14.0. The minimum Gasteiger partial charge on any atom is -0.495 e. The first-order chi connectivity index (χ1) is 20.0. The van der Waals surface area contributed by atoms with Gasteiger partial charge in [-0.3, -0.25) is 4.79 Å². The Morgan fingerprint density at radius 3 is 2.51 bits per heavy atom. The monoisotopic (exact) mass is 581 g/mol. The van der Waals surface area contributed by atoms with Gasteiger partial charge in [0.05, 0.1) is 29.0 Å². The highest BCUT2D eigenvalue weighted by molar-refractivity contribution is 7.15. The zero-order chi connectivity index (χ0) is 28.3. The summed E-state index contributed by atoms with van der Waals surface area (Å²) in [6.45, 7) is 2.57. The Labute approximate surface area is 244 Å². The minimum atomic E-state index is -0.246. The largest absolute Gasteiger partial charge is 0.495 e. The van der Waals surface area contributed by atoms with Gasteiger partial charge >= 0.3 is 0 Å². The van der Waals surface area contributed by atoms with Crippen molar-refractivity contribution in [1.29, 1.82) is 0 Å². The highest BCUT2D eigenvalue weighted by atomic mass is 35.5. The summed E-state index contributed by atoms with van der Waals surface area (Å²) in [5, 5.41) is 9.72. The van der Waals surface area contributed by atoms with E-state index in [9.17, 15) is 4.79 Å². The van der Waals surface area contributed by atoms with Gasteiger partial charge in [0.1, 0.15) is 17.2 Å². The normalized spacial score (nSPS) is 12.0. The lowest BCUT2D eigenvalue weighted by molar-refractivity contribution is 0.340. The summed E-state index contributed by atoms with van der Waals surface area (Å²) in [6, 6.07) is 23.0. The molecule has 0 aliphatic heterocycles. The predicted molar refractivity (Wildman–Crippen MR) is 163 cm³/mol. The lowest BCUT2D eigenvalue weighted by atomic mass is 10.1. The molecule has 0 N–H and O–H groups in total. The summed E-state index contributed by atoms with van der Waals surface area (Å²) in [7, 11) is 1.57. The molecule has 204 valence electrons. The molecule has 0 aliphatic rings. The van der Waals surface area contributed by atoms with Crippen LogP contribution in [0.4, 0.5) is 0 Å². The van der Waals surface area contributed by atoms with Crippen LogP contribution < -0.4 is 19.6 Å². The van der Waals surface area contributed by atoms with E-state index in [1.807, 2.05) is 85.9 Å². The fraction of sp³-hybridized carbons (Fsp3) is 0.0968. The van der Waals surface area contributed by atoms with Crippen molar-refractivity contribution in [3.8, 4) is 28.4 Å². The molecular weight excluding hydrogens is 558 g/mol. The average molecular weight is 582 g/mol. The number of para-hydroxylation sites is 1. The van der Waals surface area contributed by atoms with Crippen molar-refractivity contribution in [2.24, 2.45) is 0 Å². The standard InChI is InChI=1S/C31H24ClN5O3S/c1-3-40-24-13-9-20(10-14-24)11-16-28-33-31-37(34-28)30(38)27(41-31)18-22-19-36(23-7-5-4-6-8-23)35-29(22)21-12-15-26(39-2)25(32)17-21/h4-19H,3H2,1-2H3/b16-11+,27-18-. The number of thiazole rings is 1. The second-order valence-electron chi connectivity index (χ2n) is 8.98. The maximum absolute atomic E-state index is 13.3. The fourth-order valence-electron chi connectivity index (χ4n) is 4.32. The van der Waals surface area contributed by atoms with E-state index in [1.54, 1.807) is 30.0 Å². The Balaban J connectivity index is 1.37. The molecule has 3 heterocycles. The molecule has 10 heteroatoms. The summed E-state index contributed by atoms with van der Waals surface area (Å²) in [4.78, 5) is 18.4. The summed E-state index contributed by atoms with van der Waals surface area (Å²) in [5.41, 5.74) is 3.85. The van der Waals surface area contributed by atoms with Gasteiger partial charge in [-0.05, 0) is 67.1 Å². The molecule has 0 fully saturated rings. The number of ether oxygens (including phenoxy) is 2. The van der Waals surface area contributed by atoms with E-state index >= 15 is 0 Å². The maximum atomic E-state index is 13.3. The molecule has 0 atom stereocenters. The van der Waals surface area contributed by atoms with E-state index in [0.29, 0.717) is 38.4 Å². The van der Waals surface area contributed by atoms with Crippen molar-refractivity contribution < 1.29 is 9.47 Å². The smallest absolute Gasteiger partial charge is 0.291 e. The number of benzene rings is 3. The van der Waals surface area contributed by atoms with E-state index in [4.69, 9.17) is 26.2 Å². The first kappa shape index (κ1) is 26.5. The molecule has 8 nitrogen and oxygen atoms in total. The van der Waals surface area contributed by atoms with Crippen LogP contribution in [0.15, 0.2) is 83.8 Å². The Morgan fingerprint density at radius 1 is 1.00 bits per heavy atom. The van der Waals surface area contributed by atoms with Gasteiger partial charge < -0.3 is 9.47 Å². The Morgan fingerprint density at radius 2 is 1.80 bits per heavy atom. The molecule has 0 saturated heterocycles. The van der Waals surface area contributed by atoms with Crippen LogP contribution >= 0.6 is 22.9 Å². The molecule has 0 amide bonds. The van der Waals surface area contributed by atoms with Crippen LogP contribution in [0, 0.1) is 0 Å². The minimum absolute atomic E-state index is 0.246. The molecule has 0 bridgehead atoms. The van der Waals surface area contributed by atoms with Crippen LogP contribution in [-0.2, 0) is 0 Å². The number of nitrogens with zero attached hydrogens (tertiary/aromatic N) is 5. The van der Waals surface area contributed by atoms with Crippen molar-refractivity contribution in [3.05, 3.63) is 116 Å². The van der Waals surface area contributed by atoms with Gasteiger partial charge in [0.15, 0.2) is 5.82 Å². The van der Waals surface area contributed by atoms with Gasteiger partial charge in [-0.2, -0.15) is 14.6 Å². The molecule has 3 aromatic carbocycles. The van der Waals surface area contributed by atoms with Crippen molar-refractivity contribution in [2.75, 3.05) is 13.7 Å². The number of fused-ring (bicyclic) bond motifs is 1. The predicted octanol–water partition coefficient (Wildman–Crippen LogP) is 5.78. The van der Waals surface area contributed by atoms with E-state index < -0.39 is 0 Å². The number of hydrogen-bond donors (Lipinski definition) is 0. The molecule has 0 radical (unpaired) electrons. The van der Waals surface area contributed by atoms with Crippen molar-refractivity contribution in [1.82, 2.24) is 24.4 Å². The fourth-order valence-corrected chi connectivity index (χ4v) is 5.48. The molecular formula is C31H24ClN5O3S. The third-order valence-electron chi connectivity index (χ3n) is 6.29. The molecule has 0 unspecified atom stereocenters. The highest BCUT2D eigenvalue weighted by Gasteiger charge is 2.15. The molecule has 6 rings (SSSR count).